The average molecular weight is 298 g/mol. The number of hydrogen-bond acceptors (Lipinski definition) is 4. The van der Waals surface area contributed by atoms with Crippen LogP contribution in [0.4, 0.5) is 0 Å². The van der Waals surface area contributed by atoms with Crippen molar-refractivity contribution in [3.05, 3.63) is 79.0 Å². The van der Waals surface area contributed by atoms with E-state index in [1.54, 1.807) is 30.4 Å². The topological polar surface area (TPSA) is 66.8 Å². The molecule has 114 valence electrons. The molecule has 0 heterocycles. The molecule has 0 atom stereocenters. The van der Waals surface area contributed by atoms with Crippen molar-refractivity contribution < 1.29 is 19.7 Å². The maximum atomic E-state index is 12.1. The van der Waals surface area contributed by atoms with Crippen LogP contribution in [0, 0.1) is 0 Å². The van der Waals surface area contributed by atoms with Gasteiger partial charge < -0.3 is 14.9 Å². The molecule has 0 fully saturated rings. The maximum Gasteiger partial charge on any atom is 0.193 e. The highest BCUT2D eigenvalue weighted by molar-refractivity contribution is 6.08. The number of carbonyl (C=O) groups is 1. The fraction of sp³-hybridized carbons (Fsp3) is 0.0556. The number of ketones is 1. The third-order valence-corrected chi connectivity index (χ3v) is 2.73. The molecule has 0 spiro atoms. The predicted molar refractivity (Wildman–Crippen MR) is 87.4 cm³/mol. The summed E-state index contributed by atoms with van der Waals surface area (Å²) in [5.74, 6) is -0.852. The first kappa shape index (κ1) is 17.0. The van der Waals surface area contributed by atoms with E-state index >= 15 is 0 Å². The van der Waals surface area contributed by atoms with Gasteiger partial charge in [-0.25, -0.2) is 0 Å². The summed E-state index contributed by atoms with van der Waals surface area (Å²) in [7, 11) is 1.35. The van der Waals surface area contributed by atoms with E-state index in [2.05, 4.69) is 13.2 Å². The second-order valence-electron chi connectivity index (χ2n) is 4.23. The van der Waals surface area contributed by atoms with E-state index < -0.39 is 5.78 Å². The van der Waals surface area contributed by atoms with Gasteiger partial charge >= 0.3 is 0 Å². The van der Waals surface area contributed by atoms with Gasteiger partial charge in [0.05, 0.1) is 7.11 Å². The van der Waals surface area contributed by atoms with Gasteiger partial charge in [0.15, 0.2) is 5.78 Å². The molecule has 22 heavy (non-hydrogen) atoms. The lowest BCUT2D eigenvalue weighted by Gasteiger charge is -2.08. The Morgan fingerprint density at radius 3 is 2.45 bits per heavy atom. The Morgan fingerprint density at radius 1 is 1.18 bits per heavy atom. The zero-order valence-electron chi connectivity index (χ0n) is 12.3. The van der Waals surface area contributed by atoms with E-state index in [1.165, 1.54) is 25.3 Å². The summed E-state index contributed by atoms with van der Waals surface area (Å²) in [6.45, 7) is 7.24. The minimum atomic E-state index is -0.438. The highest BCUT2D eigenvalue weighted by atomic mass is 16.5. The van der Waals surface area contributed by atoms with Crippen molar-refractivity contribution in [1.82, 2.24) is 0 Å². The smallest absolute Gasteiger partial charge is 0.193 e. The van der Waals surface area contributed by atoms with Crippen molar-refractivity contribution in [2.45, 2.75) is 0 Å². The quantitative estimate of drug-likeness (QED) is 0.457. The first-order valence-electron chi connectivity index (χ1n) is 6.47. The maximum absolute atomic E-state index is 12.1. The molecule has 0 aliphatic carbocycles. The number of phenolic OH excluding ortho intramolecular Hbond substituents is 2. The Hall–Kier alpha value is -3.01. The number of phenols is 2. The van der Waals surface area contributed by atoms with Gasteiger partial charge in [-0.05, 0) is 11.6 Å². The highest BCUT2D eigenvalue weighted by Crippen LogP contribution is 2.33. The van der Waals surface area contributed by atoms with Crippen molar-refractivity contribution in [3.63, 3.8) is 0 Å². The largest absolute Gasteiger partial charge is 0.508 e. The van der Waals surface area contributed by atoms with Crippen LogP contribution in [0.3, 0.4) is 0 Å². The van der Waals surface area contributed by atoms with E-state index in [0.29, 0.717) is 0 Å². The van der Waals surface area contributed by atoms with Crippen molar-refractivity contribution in [2.24, 2.45) is 0 Å². The summed E-state index contributed by atoms with van der Waals surface area (Å²) in [4.78, 5) is 12.1. The van der Waals surface area contributed by atoms with E-state index in [-0.39, 0.29) is 22.8 Å². The molecule has 0 amide bonds. The number of hydrogen-bond donors (Lipinski definition) is 2. The van der Waals surface area contributed by atoms with Crippen LogP contribution in [0.2, 0.25) is 0 Å². The van der Waals surface area contributed by atoms with Crippen molar-refractivity contribution >= 4 is 5.78 Å². The Morgan fingerprint density at radius 2 is 1.86 bits per heavy atom. The molecule has 0 radical (unpaired) electrons. The molecular formula is C18H18O4. The summed E-state index contributed by atoms with van der Waals surface area (Å²) in [6, 6.07) is 2.35. The third-order valence-electron chi connectivity index (χ3n) is 2.73. The van der Waals surface area contributed by atoms with Crippen LogP contribution in [-0.2, 0) is 0 Å². The van der Waals surface area contributed by atoms with Gasteiger partial charge in [-0.2, -0.15) is 0 Å². The summed E-state index contributed by atoms with van der Waals surface area (Å²) >= 11 is 0. The lowest BCUT2D eigenvalue weighted by molar-refractivity contribution is 0.104. The molecule has 4 heteroatoms. The Labute approximate surface area is 129 Å². The molecule has 0 unspecified atom stereocenters. The number of aromatic hydroxyl groups is 2. The van der Waals surface area contributed by atoms with Gasteiger partial charge in [-0.15, -0.1) is 0 Å². The van der Waals surface area contributed by atoms with E-state index in [0.717, 1.165) is 11.6 Å². The van der Waals surface area contributed by atoms with Crippen molar-refractivity contribution in [2.75, 3.05) is 7.11 Å². The summed E-state index contributed by atoms with van der Waals surface area (Å²) in [5, 5.41) is 19.2. The lowest BCUT2D eigenvalue weighted by atomic mass is 10.1. The second-order valence-corrected chi connectivity index (χ2v) is 4.23. The number of benzene rings is 1. The Balaban J connectivity index is 2.97. The molecule has 1 rings (SSSR count). The van der Waals surface area contributed by atoms with Gasteiger partial charge in [0, 0.05) is 12.1 Å². The zero-order chi connectivity index (χ0) is 16.5. The van der Waals surface area contributed by atoms with Crippen LogP contribution in [0.1, 0.15) is 10.4 Å². The number of methoxy groups -OCH3 is 1. The predicted octanol–water partition coefficient (Wildman–Crippen LogP) is 3.70. The standard InChI is InChI=1S/C18H18O4/c1-4-8-13(5-2)9-6-7-10-15(20)18-16(21)11-14(19)12-17(18)22-3/h4-12,19,21H,1-2H2,3H3/b9-6+,10-7+,13-8+. The summed E-state index contributed by atoms with van der Waals surface area (Å²) in [6.07, 6.45) is 11.3. The van der Waals surface area contributed by atoms with Gasteiger partial charge in [-0.1, -0.05) is 49.6 Å². The van der Waals surface area contributed by atoms with Crippen LogP contribution in [0.5, 0.6) is 17.2 Å². The Bertz CT molecular complexity index is 664. The van der Waals surface area contributed by atoms with Crippen molar-refractivity contribution in [1.29, 1.82) is 0 Å². The third kappa shape index (κ3) is 4.52. The molecule has 4 nitrogen and oxygen atoms in total. The van der Waals surface area contributed by atoms with Crippen LogP contribution in [-0.4, -0.2) is 23.1 Å². The van der Waals surface area contributed by atoms with Crippen molar-refractivity contribution in [3.8, 4) is 17.2 Å². The van der Waals surface area contributed by atoms with E-state index in [9.17, 15) is 15.0 Å². The average Bonchev–Trinajstić information content (AvgIpc) is 2.49. The van der Waals surface area contributed by atoms with Gasteiger partial charge in [0.2, 0.25) is 0 Å². The fourth-order valence-electron chi connectivity index (χ4n) is 1.72. The monoisotopic (exact) mass is 298 g/mol. The molecule has 1 aromatic carbocycles. The Kier molecular flexibility index (Phi) is 6.44. The zero-order valence-corrected chi connectivity index (χ0v) is 12.3. The van der Waals surface area contributed by atoms with Crippen LogP contribution >= 0.6 is 0 Å². The first-order chi connectivity index (χ1) is 10.5. The van der Waals surface area contributed by atoms with Gasteiger partial charge in [0.25, 0.3) is 0 Å². The molecule has 0 aromatic heterocycles. The van der Waals surface area contributed by atoms with E-state index in [4.69, 9.17) is 4.74 Å². The molecule has 0 aliphatic heterocycles. The summed E-state index contributed by atoms with van der Waals surface area (Å²) in [5.41, 5.74) is 0.840. The molecular weight excluding hydrogens is 280 g/mol. The number of carbonyl (C=O) groups excluding carboxylic acids is 1. The molecule has 0 saturated carbocycles. The second kappa shape index (κ2) is 8.32. The lowest BCUT2D eigenvalue weighted by Crippen LogP contribution is -1.99. The van der Waals surface area contributed by atoms with E-state index in [1.807, 2.05) is 0 Å². The molecule has 0 saturated heterocycles. The van der Waals surface area contributed by atoms with Crippen LogP contribution in [0.25, 0.3) is 0 Å². The van der Waals surface area contributed by atoms with Crippen LogP contribution in [0.15, 0.2) is 73.4 Å². The molecule has 0 aliphatic rings. The minimum Gasteiger partial charge on any atom is -0.508 e. The first-order valence-corrected chi connectivity index (χ1v) is 6.47. The molecule has 0 bridgehead atoms. The highest BCUT2D eigenvalue weighted by Gasteiger charge is 2.16. The minimum absolute atomic E-state index is 0.00414. The van der Waals surface area contributed by atoms with Crippen LogP contribution < -0.4 is 4.74 Å². The number of rotatable bonds is 7. The normalized spacial score (nSPS) is 11.8. The molecule has 1 aromatic rings. The number of ether oxygens (including phenoxy) is 1. The SMILES string of the molecule is C=C/C=C(C=C)/C=C/C=C/C(=O)c1c(O)cc(O)cc1OC. The van der Waals surface area contributed by atoms with Gasteiger partial charge in [0.1, 0.15) is 22.8 Å². The summed E-state index contributed by atoms with van der Waals surface area (Å²) < 4.78 is 5.00. The van der Waals surface area contributed by atoms with Gasteiger partial charge in [-0.3, -0.25) is 4.79 Å². The number of allylic oxidation sites excluding steroid dienone is 8. The molecule has 2 N–H and O–H groups in total. The fourth-order valence-corrected chi connectivity index (χ4v) is 1.72.